The summed E-state index contributed by atoms with van der Waals surface area (Å²) < 4.78 is 5.18. The van der Waals surface area contributed by atoms with E-state index in [4.69, 9.17) is 4.74 Å². The summed E-state index contributed by atoms with van der Waals surface area (Å²) in [5.41, 5.74) is 2.24. The topological polar surface area (TPSA) is 98.5 Å². The highest BCUT2D eigenvalue weighted by atomic mass is 16.6. The third-order valence-electron chi connectivity index (χ3n) is 4.72. The van der Waals surface area contributed by atoms with Gasteiger partial charge in [-0.2, -0.15) is 0 Å². The van der Waals surface area contributed by atoms with Crippen molar-refractivity contribution < 1.29 is 19.2 Å². The number of ether oxygens (including phenoxy) is 1. The van der Waals surface area contributed by atoms with Crippen molar-refractivity contribution in [3.05, 3.63) is 62.5 Å². The monoisotopic (exact) mass is 356 g/mol. The van der Waals surface area contributed by atoms with E-state index in [9.17, 15) is 19.7 Å². The van der Waals surface area contributed by atoms with Gasteiger partial charge in [-0.05, 0) is 26.7 Å². The molecular formula is C19H20N2O5. The summed E-state index contributed by atoms with van der Waals surface area (Å²) in [7, 11) is 0. The number of Topliss-reactive ketones (excluding diaryl/α,β-unsaturated/α-hetero) is 1. The quantitative estimate of drug-likeness (QED) is 0.505. The van der Waals surface area contributed by atoms with Gasteiger partial charge in [-0.25, -0.2) is 4.79 Å². The lowest BCUT2D eigenvalue weighted by Gasteiger charge is -2.33. The first-order valence-corrected chi connectivity index (χ1v) is 8.60. The van der Waals surface area contributed by atoms with Crippen LogP contribution in [0.2, 0.25) is 0 Å². The predicted octanol–water partition coefficient (Wildman–Crippen LogP) is 3.13. The standard InChI is InChI=1S/C19H20N2O5/c1-3-26-19(23)16-11(2)20-13-8-6-10-15(22)18(13)17(16)12-7-4-5-9-14(12)21(24)25/h4-5,7,9,17,20H,3,6,8,10H2,1-2H3. The first kappa shape index (κ1) is 17.8. The summed E-state index contributed by atoms with van der Waals surface area (Å²) in [6.07, 6.45) is 1.76. The molecule has 3 rings (SSSR count). The van der Waals surface area contributed by atoms with Gasteiger partial charge >= 0.3 is 5.97 Å². The number of rotatable bonds is 4. The van der Waals surface area contributed by atoms with Crippen LogP contribution in [0.5, 0.6) is 0 Å². The van der Waals surface area contributed by atoms with Crippen molar-refractivity contribution in [1.82, 2.24) is 5.32 Å². The van der Waals surface area contributed by atoms with Crippen molar-refractivity contribution in [1.29, 1.82) is 0 Å². The van der Waals surface area contributed by atoms with Gasteiger partial charge in [-0.15, -0.1) is 0 Å². The average Bonchev–Trinajstić information content (AvgIpc) is 2.60. The van der Waals surface area contributed by atoms with Crippen LogP contribution < -0.4 is 5.32 Å². The fourth-order valence-corrected chi connectivity index (χ4v) is 3.67. The van der Waals surface area contributed by atoms with Gasteiger partial charge in [0.2, 0.25) is 0 Å². The smallest absolute Gasteiger partial charge is 0.336 e. The number of allylic oxidation sites excluding steroid dienone is 3. The second-order valence-electron chi connectivity index (χ2n) is 6.30. The Kier molecular flexibility index (Phi) is 4.88. The Labute approximate surface area is 150 Å². The molecule has 0 spiro atoms. The summed E-state index contributed by atoms with van der Waals surface area (Å²) in [4.78, 5) is 36.4. The molecule has 1 N–H and O–H groups in total. The first-order chi connectivity index (χ1) is 12.5. The van der Waals surface area contributed by atoms with Crippen LogP contribution in [0.15, 0.2) is 46.8 Å². The van der Waals surface area contributed by atoms with Gasteiger partial charge in [-0.1, -0.05) is 18.2 Å². The van der Waals surface area contributed by atoms with E-state index in [0.717, 1.165) is 12.1 Å². The molecule has 0 radical (unpaired) electrons. The number of hydrogen-bond acceptors (Lipinski definition) is 6. The molecule has 1 aromatic rings. The molecule has 1 aromatic carbocycles. The minimum absolute atomic E-state index is 0.0869. The predicted molar refractivity (Wildman–Crippen MR) is 94.2 cm³/mol. The third kappa shape index (κ3) is 3.00. The van der Waals surface area contributed by atoms with Crippen molar-refractivity contribution in [2.45, 2.75) is 39.0 Å². The van der Waals surface area contributed by atoms with Gasteiger partial charge in [0.15, 0.2) is 5.78 Å². The fraction of sp³-hybridized carbons (Fsp3) is 0.368. The van der Waals surface area contributed by atoms with E-state index in [1.807, 2.05) is 0 Å². The molecule has 0 bridgehead atoms. The molecule has 7 nitrogen and oxygen atoms in total. The lowest BCUT2D eigenvalue weighted by atomic mass is 9.75. The van der Waals surface area contributed by atoms with Gasteiger partial charge in [-0.3, -0.25) is 14.9 Å². The highest BCUT2D eigenvalue weighted by molar-refractivity contribution is 6.04. The molecule has 1 aliphatic carbocycles. The molecule has 0 aromatic heterocycles. The molecular weight excluding hydrogens is 336 g/mol. The SMILES string of the molecule is CCOC(=O)C1=C(C)NC2=C(C(=O)CCC2)C1c1ccccc1[N+](=O)[O-]. The van der Waals surface area contributed by atoms with E-state index in [2.05, 4.69) is 5.32 Å². The Bertz CT molecular complexity index is 853. The number of carbonyl (C=O) groups excluding carboxylic acids is 2. The van der Waals surface area contributed by atoms with E-state index in [1.165, 1.54) is 6.07 Å². The Morgan fingerprint density at radius 1 is 1.35 bits per heavy atom. The number of nitro benzene ring substituents is 1. The average molecular weight is 356 g/mol. The number of nitrogens with zero attached hydrogens (tertiary/aromatic N) is 1. The normalized spacial score (nSPS) is 19.8. The largest absolute Gasteiger partial charge is 0.463 e. The molecule has 1 heterocycles. The van der Waals surface area contributed by atoms with Crippen LogP contribution in [0.1, 0.15) is 44.6 Å². The summed E-state index contributed by atoms with van der Waals surface area (Å²) in [5.74, 6) is -1.44. The van der Waals surface area contributed by atoms with Crippen LogP contribution in [0.25, 0.3) is 0 Å². The first-order valence-electron chi connectivity index (χ1n) is 8.60. The van der Waals surface area contributed by atoms with Gasteiger partial charge in [0.1, 0.15) is 0 Å². The van der Waals surface area contributed by atoms with Crippen molar-refractivity contribution in [2.75, 3.05) is 6.61 Å². The number of para-hydroxylation sites is 1. The van der Waals surface area contributed by atoms with Crippen molar-refractivity contribution in [3.8, 4) is 0 Å². The Morgan fingerprint density at radius 2 is 2.08 bits per heavy atom. The number of esters is 1. The second-order valence-corrected chi connectivity index (χ2v) is 6.30. The molecule has 0 saturated heterocycles. The number of benzene rings is 1. The van der Waals surface area contributed by atoms with Gasteiger partial charge < -0.3 is 10.1 Å². The zero-order chi connectivity index (χ0) is 18.8. The Balaban J connectivity index is 2.25. The molecule has 1 atom stereocenters. The minimum atomic E-state index is -0.792. The second kappa shape index (κ2) is 7.11. The van der Waals surface area contributed by atoms with E-state index in [-0.39, 0.29) is 23.7 Å². The zero-order valence-corrected chi connectivity index (χ0v) is 14.7. The van der Waals surface area contributed by atoms with Gasteiger partial charge in [0.05, 0.1) is 23.0 Å². The molecule has 2 aliphatic rings. The lowest BCUT2D eigenvalue weighted by Crippen LogP contribution is -2.34. The van der Waals surface area contributed by atoms with E-state index in [0.29, 0.717) is 29.7 Å². The van der Waals surface area contributed by atoms with Gasteiger partial charge in [0.25, 0.3) is 5.69 Å². The molecule has 0 saturated carbocycles. The van der Waals surface area contributed by atoms with Crippen molar-refractivity contribution >= 4 is 17.4 Å². The van der Waals surface area contributed by atoms with Crippen LogP contribution in [0.4, 0.5) is 5.69 Å². The summed E-state index contributed by atoms with van der Waals surface area (Å²) in [6.45, 7) is 3.61. The molecule has 0 amide bonds. The van der Waals surface area contributed by atoms with Crippen LogP contribution >= 0.6 is 0 Å². The van der Waals surface area contributed by atoms with E-state index >= 15 is 0 Å². The zero-order valence-electron chi connectivity index (χ0n) is 14.7. The maximum Gasteiger partial charge on any atom is 0.336 e. The fourth-order valence-electron chi connectivity index (χ4n) is 3.67. The molecule has 1 aliphatic heterocycles. The molecule has 7 heteroatoms. The van der Waals surface area contributed by atoms with Crippen molar-refractivity contribution in [2.24, 2.45) is 0 Å². The number of nitro groups is 1. The summed E-state index contributed by atoms with van der Waals surface area (Å²) in [6, 6.07) is 6.24. The number of nitrogens with one attached hydrogen (secondary N) is 1. The molecule has 136 valence electrons. The highest BCUT2D eigenvalue weighted by Crippen LogP contribution is 2.44. The number of dihydropyridines is 1. The Morgan fingerprint density at radius 3 is 2.77 bits per heavy atom. The summed E-state index contributed by atoms with van der Waals surface area (Å²) in [5, 5.41) is 14.7. The number of hydrogen-bond donors (Lipinski definition) is 1. The molecule has 0 fully saturated rings. The third-order valence-corrected chi connectivity index (χ3v) is 4.72. The number of ketones is 1. The molecule has 26 heavy (non-hydrogen) atoms. The number of carbonyl (C=O) groups is 2. The van der Waals surface area contributed by atoms with Crippen LogP contribution in [0.3, 0.4) is 0 Å². The highest BCUT2D eigenvalue weighted by Gasteiger charge is 2.41. The maximum absolute atomic E-state index is 12.7. The lowest BCUT2D eigenvalue weighted by molar-refractivity contribution is -0.385. The molecule has 1 unspecified atom stereocenters. The van der Waals surface area contributed by atoms with Crippen LogP contribution in [-0.4, -0.2) is 23.3 Å². The van der Waals surface area contributed by atoms with Crippen molar-refractivity contribution in [3.63, 3.8) is 0 Å². The van der Waals surface area contributed by atoms with E-state index in [1.54, 1.807) is 32.0 Å². The minimum Gasteiger partial charge on any atom is -0.463 e. The van der Waals surface area contributed by atoms with Crippen LogP contribution in [-0.2, 0) is 14.3 Å². The summed E-state index contributed by atoms with van der Waals surface area (Å²) >= 11 is 0. The van der Waals surface area contributed by atoms with E-state index < -0.39 is 16.8 Å². The Hall–Kier alpha value is -2.96. The van der Waals surface area contributed by atoms with Gasteiger partial charge in [0, 0.05) is 35.0 Å². The van der Waals surface area contributed by atoms with Crippen LogP contribution in [0, 0.1) is 10.1 Å². The maximum atomic E-state index is 12.7.